The number of aromatic nitrogens is 2. The zero-order valence-corrected chi connectivity index (χ0v) is 9.43. The first-order chi connectivity index (χ1) is 7.58. The van der Waals surface area contributed by atoms with E-state index in [9.17, 15) is 4.39 Å². The predicted molar refractivity (Wildman–Crippen MR) is 61.9 cm³/mol. The average molecular weight is 258 g/mol. The molecule has 0 radical (unpaired) electrons. The highest BCUT2D eigenvalue weighted by molar-refractivity contribution is 6.33. The van der Waals surface area contributed by atoms with Crippen LogP contribution >= 0.6 is 23.2 Å². The Hall–Kier alpha value is -1.39. The molecule has 0 fully saturated rings. The standard InChI is InChI=1S/C10H6Cl2FN3/c11-5-2-1-3-6(13)9(5)7-4-8(12)16-10(14)15-7/h1-4H,(H2,14,15,16). The van der Waals surface area contributed by atoms with Crippen LogP contribution in [0, 0.1) is 5.82 Å². The highest BCUT2D eigenvalue weighted by Crippen LogP contribution is 2.30. The van der Waals surface area contributed by atoms with Crippen LogP contribution in [0.4, 0.5) is 10.3 Å². The maximum atomic E-state index is 13.6. The van der Waals surface area contributed by atoms with Gasteiger partial charge in [0.25, 0.3) is 0 Å². The van der Waals surface area contributed by atoms with E-state index in [-0.39, 0.29) is 27.4 Å². The summed E-state index contributed by atoms with van der Waals surface area (Å²) in [5.41, 5.74) is 5.86. The highest BCUT2D eigenvalue weighted by Gasteiger charge is 2.12. The lowest BCUT2D eigenvalue weighted by Gasteiger charge is -2.05. The fourth-order valence-electron chi connectivity index (χ4n) is 1.31. The van der Waals surface area contributed by atoms with Gasteiger partial charge in [0.2, 0.25) is 5.95 Å². The van der Waals surface area contributed by atoms with E-state index in [1.165, 1.54) is 18.2 Å². The first kappa shape index (κ1) is 11.1. The van der Waals surface area contributed by atoms with E-state index in [0.717, 1.165) is 0 Å². The number of hydrogen-bond donors (Lipinski definition) is 1. The third-order valence-corrected chi connectivity index (χ3v) is 2.44. The zero-order valence-electron chi connectivity index (χ0n) is 7.92. The molecule has 82 valence electrons. The fraction of sp³-hybridized carbons (Fsp3) is 0. The quantitative estimate of drug-likeness (QED) is 0.799. The van der Waals surface area contributed by atoms with Gasteiger partial charge in [0.1, 0.15) is 11.0 Å². The molecule has 1 aromatic heterocycles. The van der Waals surface area contributed by atoms with Crippen LogP contribution in [0.15, 0.2) is 24.3 Å². The van der Waals surface area contributed by atoms with Crippen molar-refractivity contribution in [1.29, 1.82) is 0 Å². The van der Waals surface area contributed by atoms with Crippen molar-refractivity contribution in [3.05, 3.63) is 40.3 Å². The lowest BCUT2D eigenvalue weighted by atomic mass is 10.1. The summed E-state index contributed by atoms with van der Waals surface area (Å²) in [4.78, 5) is 7.57. The second kappa shape index (κ2) is 4.23. The lowest BCUT2D eigenvalue weighted by molar-refractivity contribution is 0.631. The molecule has 16 heavy (non-hydrogen) atoms. The Labute approximate surface area is 101 Å². The van der Waals surface area contributed by atoms with Crippen LogP contribution < -0.4 is 5.73 Å². The van der Waals surface area contributed by atoms with E-state index >= 15 is 0 Å². The third-order valence-electron chi connectivity index (χ3n) is 1.93. The van der Waals surface area contributed by atoms with Gasteiger partial charge in [-0.25, -0.2) is 14.4 Å². The summed E-state index contributed by atoms with van der Waals surface area (Å²) in [6, 6.07) is 5.76. The Morgan fingerprint density at radius 3 is 2.56 bits per heavy atom. The van der Waals surface area contributed by atoms with Gasteiger partial charge >= 0.3 is 0 Å². The van der Waals surface area contributed by atoms with E-state index in [1.54, 1.807) is 6.07 Å². The van der Waals surface area contributed by atoms with Gasteiger partial charge < -0.3 is 5.73 Å². The lowest BCUT2D eigenvalue weighted by Crippen LogP contribution is -1.98. The third kappa shape index (κ3) is 2.08. The predicted octanol–water partition coefficient (Wildman–Crippen LogP) is 3.17. The monoisotopic (exact) mass is 257 g/mol. The minimum Gasteiger partial charge on any atom is -0.368 e. The van der Waals surface area contributed by atoms with Crippen molar-refractivity contribution in [3.8, 4) is 11.3 Å². The van der Waals surface area contributed by atoms with Gasteiger partial charge in [0.15, 0.2) is 0 Å². The number of benzene rings is 1. The van der Waals surface area contributed by atoms with E-state index in [4.69, 9.17) is 28.9 Å². The molecule has 2 rings (SSSR count). The minimum atomic E-state index is -0.485. The van der Waals surface area contributed by atoms with Gasteiger partial charge in [-0.2, -0.15) is 0 Å². The Morgan fingerprint density at radius 2 is 1.94 bits per heavy atom. The molecule has 0 aliphatic carbocycles. The molecule has 0 unspecified atom stereocenters. The van der Waals surface area contributed by atoms with Gasteiger partial charge in [0, 0.05) is 6.07 Å². The molecule has 0 aliphatic heterocycles. The Kier molecular flexibility index (Phi) is 2.94. The van der Waals surface area contributed by atoms with Gasteiger partial charge in [0.05, 0.1) is 16.3 Å². The summed E-state index contributed by atoms with van der Waals surface area (Å²) in [7, 11) is 0. The van der Waals surface area contributed by atoms with E-state index in [1.807, 2.05) is 0 Å². The zero-order chi connectivity index (χ0) is 11.7. The number of halogens is 3. The number of nitrogen functional groups attached to an aromatic ring is 1. The van der Waals surface area contributed by atoms with Crippen molar-refractivity contribution < 1.29 is 4.39 Å². The number of anilines is 1. The highest BCUT2D eigenvalue weighted by atomic mass is 35.5. The molecule has 1 aromatic carbocycles. The molecule has 0 atom stereocenters. The molecule has 0 saturated heterocycles. The Morgan fingerprint density at radius 1 is 1.19 bits per heavy atom. The van der Waals surface area contributed by atoms with Crippen LogP contribution in [0.2, 0.25) is 10.2 Å². The van der Waals surface area contributed by atoms with Crippen molar-refractivity contribution in [1.82, 2.24) is 9.97 Å². The second-order valence-corrected chi connectivity index (χ2v) is 3.83. The SMILES string of the molecule is Nc1nc(Cl)cc(-c2c(F)cccc2Cl)n1. The molecule has 0 amide bonds. The van der Waals surface area contributed by atoms with Crippen molar-refractivity contribution in [2.24, 2.45) is 0 Å². The van der Waals surface area contributed by atoms with Crippen LogP contribution in [0.3, 0.4) is 0 Å². The second-order valence-electron chi connectivity index (χ2n) is 3.03. The number of nitrogens with zero attached hydrogens (tertiary/aromatic N) is 2. The van der Waals surface area contributed by atoms with Gasteiger partial charge in [-0.3, -0.25) is 0 Å². The molecule has 1 heterocycles. The van der Waals surface area contributed by atoms with Crippen LogP contribution in [0.5, 0.6) is 0 Å². The van der Waals surface area contributed by atoms with Crippen LogP contribution in [-0.4, -0.2) is 9.97 Å². The van der Waals surface area contributed by atoms with Crippen LogP contribution in [-0.2, 0) is 0 Å². The molecule has 0 aliphatic rings. The molecule has 2 N–H and O–H groups in total. The maximum absolute atomic E-state index is 13.6. The summed E-state index contributed by atoms with van der Waals surface area (Å²) in [5, 5.41) is 0.385. The molecular weight excluding hydrogens is 252 g/mol. The number of rotatable bonds is 1. The maximum Gasteiger partial charge on any atom is 0.221 e. The summed E-state index contributed by atoms with van der Waals surface area (Å²) in [5.74, 6) is -0.511. The van der Waals surface area contributed by atoms with Crippen LogP contribution in [0.1, 0.15) is 0 Å². The largest absolute Gasteiger partial charge is 0.368 e. The normalized spacial score (nSPS) is 10.4. The summed E-state index contributed by atoms with van der Waals surface area (Å²) >= 11 is 11.6. The molecule has 0 bridgehead atoms. The molecule has 0 saturated carbocycles. The first-order valence-corrected chi connectivity index (χ1v) is 5.08. The van der Waals surface area contributed by atoms with Gasteiger partial charge in [-0.1, -0.05) is 29.3 Å². The molecule has 6 heteroatoms. The molecular formula is C10H6Cl2FN3. The van der Waals surface area contributed by atoms with Crippen molar-refractivity contribution in [2.45, 2.75) is 0 Å². The smallest absolute Gasteiger partial charge is 0.221 e. The Bertz CT molecular complexity index is 505. The molecule has 2 aromatic rings. The summed E-state index contributed by atoms with van der Waals surface area (Å²) in [6.07, 6.45) is 0. The van der Waals surface area contributed by atoms with E-state index in [0.29, 0.717) is 0 Å². The minimum absolute atomic E-state index is 0.0261. The fourth-order valence-corrected chi connectivity index (χ4v) is 1.76. The van der Waals surface area contributed by atoms with Gasteiger partial charge in [-0.05, 0) is 12.1 Å². The summed E-state index contributed by atoms with van der Waals surface area (Å²) < 4.78 is 13.6. The van der Waals surface area contributed by atoms with Crippen molar-refractivity contribution >= 4 is 29.2 Å². The first-order valence-electron chi connectivity index (χ1n) is 4.32. The molecule has 0 spiro atoms. The van der Waals surface area contributed by atoms with E-state index < -0.39 is 5.82 Å². The van der Waals surface area contributed by atoms with E-state index in [2.05, 4.69) is 9.97 Å². The van der Waals surface area contributed by atoms with Crippen LogP contribution in [0.25, 0.3) is 11.3 Å². The topological polar surface area (TPSA) is 51.8 Å². The Balaban J connectivity index is 2.67. The summed E-state index contributed by atoms with van der Waals surface area (Å²) in [6.45, 7) is 0. The average Bonchev–Trinajstić information content (AvgIpc) is 2.15. The van der Waals surface area contributed by atoms with Crippen molar-refractivity contribution in [2.75, 3.05) is 5.73 Å². The van der Waals surface area contributed by atoms with Gasteiger partial charge in [-0.15, -0.1) is 0 Å². The number of hydrogen-bond acceptors (Lipinski definition) is 3. The molecule has 3 nitrogen and oxygen atoms in total. The van der Waals surface area contributed by atoms with Crippen molar-refractivity contribution in [3.63, 3.8) is 0 Å². The number of nitrogens with two attached hydrogens (primary N) is 1.